The van der Waals surface area contributed by atoms with Gasteiger partial charge in [-0.1, -0.05) is 0 Å². The fourth-order valence-corrected chi connectivity index (χ4v) is 6.01. The third-order valence-electron chi connectivity index (χ3n) is 6.00. The number of aromatic nitrogens is 1. The molecule has 0 atom stereocenters. The highest BCUT2D eigenvalue weighted by molar-refractivity contribution is 9.10. The maximum absolute atomic E-state index is 11.9. The van der Waals surface area contributed by atoms with E-state index in [-0.39, 0.29) is 5.56 Å². The Bertz CT molecular complexity index is 541. The molecule has 4 aliphatic carbocycles. The fraction of sp³-hybridized carbons (Fsp3) is 0.706. The summed E-state index contributed by atoms with van der Waals surface area (Å²) in [6, 6.07) is 3.51. The van der Waals surface area contributed by atoms with Crippen LogP contribution in [0.3, 0.4) is 0 Å². The van der Waals surface area contributed by atoms with Gasteiger partial charge in [-0.15, -0.1) is 0 Å². The number of hydrogen-bond acceptors (Lipinski definition) is 1. The highest BCUT2D eigenvalue weighted by atomic mass is 79.9. The van der Waals surface area contributed by atoms with Crippen molar-refractivity contribution in [3.63, 3.8) is 0 Å². The molecule has 4 bridgehead atoms. The molecule has 1 heterocycles. The summed E-state index contributed by atoms with van der Waals surface area (Å²) in [6.07, 6.45) is 11.9. The van der Waals surface area contributed by atoms with Gasteiger partial charge >= 0.3 is 0 Å². The zero-order valence-electron chi connectivity index (χ0n) is 11.9. The Morgan fingerprint density at radius 2 is 1.70 bits per heavy atom. The summed E-state index contributed by atoms with van der Waals surface area (Å²) >= 11 is 3.47. The second-order valence-electron chi connectivity index (χ2n) is 7.55. The lowest BCUT2D eigenvalue weighted by Crippen LogP contribution is -2.46. The molecule has 0 amide bonds. The lowest BCUT2D eigenvalue weighted by Gasteiger charge is -2.57. The van der Waals surface area contributed by atoms with Gasteiger partial charge in [-0.2, -0.15) is 0 Å². The summed E-state index contributed by atoms with van der Waals surface area (Å²) in [6.45, 7) is 0.893. The fourth-order valence-electron chi connectivity index (χ4n) is 5.63. The van der Waals surface area contributed by atoms with Crippen molar-refractivity contribution < 1.29 is 0 Å². The highest BCUT2D eigenvalue weighted by Gasteiger charge is 2.50. The van der Waals surface area contributed by atoms with E-state index in [1.807, 2.05) is 16.8 Å². The summed E-state index contributed by atoms with van der Waals surface area (Å²) in [4.78, 5) is 11.9. The average Bonchev–Trinajstić information content (AvgIpc) is 2.38. The molecule has 0 unspecified atom stereocenters. The highest BCUT2D eigenvalue weighted by Crippen LogP contribution is 2.61. The predicted octanol–water partition coefficient (Wildman–Crippen LogP) is 4.22. The first-order valence-electron chi connectivity index (χ1n) is 7.98. The molecule has 0 aromatic carbocycles. The molecule has 5 rings (SSSR count). The van der Waals surface area contributed by atoms with Crippen molar-refractivity contribution in [2.75, 3.05) is 0 Å². The lowest BCUT2D eigenvalue weighted by atomic mass is 9.49. The molecule has 0 spiro atoms. The van der Waals surface area contributed by atoms with E-state index in [2.05, 4.69) is 15.9 Å². The minimum Gasteiger partial charge on any atom is -0.314 e. The van der Waals surface area contributed by atoms with Gasteiger partial charge in [0.2, 0.25) is 0 Å². The first-order valence-corrected chi connectivity index (χ1v) is 8.77. The van der Waals surface area contributed by atoms with Crippen molar-refractivity contribution in [3.05, 3.63) is 33.2 Å². The van der Waals surface area contributed by atoms with E-state index in [4.69, 9.17) is 0 Å². The van der Waals surface area contributed by atoms with Crippen LogP contribution in [0.2, 0.25) is 0 Å². The normalized spacial score (nSPS) is 38.4. The van der Waals surface area contributed by atoms with Crippen molar-refractivity contribution in [3.8, 4) is 0 Å². The van der Waals surface area contributed by atoms with Crippen LogP contribution in [0.25, 0.3) is 0 Å². The second kappa shape index (κ2) is 4.72. The summed E-state index contributed by atoms with van der Waals surface area (Å²) in [5.41, 5.74) is 0.703. The van der Waals surface area contributed by atoms with E-state index >= 15 is 0 Å². The summed E-state index contributed by atoms with van der Waals surface area (Å²) < 4.78 is 2.89. The van der Waals surface area contributed by atoms with E-state index in [0.717, 1.165) is 28.8 Å². The van der Waals surface area contributed by atoms with Gasteiger partial charge in [-0.3, -0.25) is 4.79 Å². The number of rotatable bonds is 3. The van der Waals surface area contributed by atoms with E-state index in [9.17, 15) is 4.79 Å². The quantitative estimate of drug-likeness (QED) is 0.810. The third-order valence-corrected chi connectivity index (χ3v) is 6.46. The van der Waals surface area contributed by atoms with Crippen molar-refractivity contribution >= 4 is 15.9 Å². The van der Waals surface area contributed by atoms with Gasteiger partial charge in [-0.25, -0.2) is 0 Å². The molecule has 3 heteroatoms. The molecule has 1 aromatic heterocycles. The molecule has 0 radical (unpaired) electrons. The Morgan fingerprint density at radius 1 is 1.10 bits per heavy atom. The van der Waals surface area contributed by atoms with Gasteiger partial charge in [-0.05, 0) is 90.1 Å². The van der Waals surface area contributed by atoms with Crippen LogP contribution in [0.15, 0.2) is 27.6 Å². The number of halogens is 1. The third kappa shape index (κ3) is 2.28. The molecular weight excluding hydrogens is 314 g/mol. The second-order valence-corrected chi connectivity index (χ2v) is 8.46. The molecule has 0 aliphatic heterocycles. The SMILES string of the molecule is O=c1ccc(Br)cn1CCC12CC3CC(CC(C3)C1)C2. The monoisotopic (exact) mass is 335 g/mol. The van der Waals surface area contributed by atoms with Gasteiger partial charge in [0.25, 0.3) is 5.56 Å². The van der Waals surface area contributed by atoms with Crippen molar-refractivity contribution in [2.45, 2.75) is 51.5 Å². The molecule has 1 aromatic rings. The van der Waals surface area contributed by atoms with E-state index < -0.39 is 0 Å². The Balaban J connectivity index is 1.52. The first kappa shape index (κ1) is 13.1. The van der Waals surface area contributed by atoms with Crippen LogP contribution in [0, 0.1) is 23.2 Å². The van der Waals surface area contributed by atoms with E-state index in [1.54, 1.807) is 6.07 Å². The van der Waals surface area contributed by atoms with Crippen LogP contribution in [0.5, 0.6) is 0 Å². The molecule has 0 N–H and O–H groups in total. The molecule has 4 fully saturated rings. The number of aryl methyl sites for hydroxylation is 1. The van der Waals surface area contributed by atoms with Crippen LogP contribution in [-0.4, -0.2) is 4.57 Å². The Morgan fingerprint density at radius 3 is 2.30 bits per heavy atom. The van der Waals surface area contributed by atoms with Crippen LogP contribution in [0.4, 0.5) is 0 Å². The van der Waals surface area contributed by atoms with Gasteiger partial charge in [0.05, 0.1) is 0 Å². The van der Waals surface area contributed by atoms with Crippen molar-refractivity contribution in [1.29, 1.82) is 0 Å². The largest absolute Gasteiger partial charge is 0.314 e. The summed E-state index contributed by atoms with van der Waals surface area (Å²) in [7, 11) is 0. The molecular formula is C17H22BrNO. The van der Waals surface area contributed by atoms with Crippen LogP contribution in [-0.2, 0) is 6.54 Å². The van der Waals surface area contributed by atoms with Gasteiger partial charge < -0.3 is 4.57 Å². The standard InChI is InChI=1S/C17H22BrNO/c18-15-1-2-16(20)19(11-15)4-3-17-8-12-5-13(9-17)7-14(6-12)10-17/h1-2,11-14H,3-10H2. The van der Waals surface area contributed by atoms with Crippen LogP contribution < -0.4 is 5.56 Å². The molecule has 20 heavy (non-hydrogen) atoms. The minimum absolute atomic E-state index is 0.137. The van der Waals surface area contributed by atoms with Crippen LogP contribution >= 0.6 is 15.9 Å². The zero-order valence-corrected chi connectivity index (χ0v) is 13.4. The molecule has 4 aliphatic rings. The van der Waals surface area contributed by atoms with E-state index in [0.29, 0.717) is 5.41 Å². The van der Waals surface area contributed by atoms with Gasteiger partial charge in [0.1, 0.15) is 0 Å². The number of pyridine rings is 1. The van der Waals surface area contributed by atoms with Crippen molar-refractivity contribution in [1.82, 2.24) is 4.57 Å². The minimum atomic E-state index is 0.137. The molecule has 108 valence electrons. The molecule has 2 nitrogen and oxygen atoms in total. The Hall–Kier alpha value is -0.570. The van der Waals surface area contributed by atoms with Gasteiger partial charge in [0, 0.05) is 23.3 Å². The lowest BCUT2D eigenvalue weighted by molar-refractivity contribution is -0.0593. The smallest absolute Gasteiger partial charge is 0.250 e. The first-order chi connectivity index (χ1) is 9.62. The topological polar surface area (TPSA) is 22.0 Å². The Kier molecular flexibility index (Phi) is 3.10. The zero-order chi connectivity index (χ0) is 13.7. The van der Waals surface area contributed by atoms with Crippen LogP contribution in [0.1, 0.15) is 44.9 Å². The average molecular weight is 336 g/mol. The van der Waals surface area contributed by atoms with Gasteiger partial charge in [0.15, 0.2) is 0 Å². The molecule has 4 saturated carbocycles. The van der Waals surface area contributed by atoms with Crippen molar-refractivity contribution in [2.24, 2.45) is 23.2 Å². The maximum atomic E-state index is 11.9. The number of hydrogen-bond donors (Lipinski definition) is 0. The predicted molar refractivity (Wildman–Crippen MR) is 83.6 cm³/mol. The summed E-state index contributed by atoms with van der Waals surface area (Å²) in [5.74, 6) is 3.00. The number of nitrogens with zero attached hydrogens (tertiary/aromatic N) is 1. The van der Waals surface area contributed by atoms with E-state index in [1.165, 1.54) is 44.9 Å². The maximum Gasteiger partial charge on any atom is 0.250 e. The molecule has 0 saturated heterocycles. The summed E-state index contributed by atoms with van der Waals surface area (Å²) in [5, 5.41) is 0. The Labute approximate surface area is 128 Å².